The van der Waals surface area contributed by atoms with Crippen molar-refractivity contribution >= 4 is 46.7 Å². The van der Waals surface area contributed by atoms with Crippen LogP contribution >= 0.6 is 35.1 Å². The summed E-state index contributed by atoms with van der Waals surface area (Å²) in [5, 5.41) is 12.6. The van der Waals surface area contributed by atoms with Crippen LogP contribution in [0, 0.1) is 12.7 Å². The number of aromatic nitrogens is 3. The monoisotopic (exact) mass is 476 g/mol. The number of benzene rings is 2. The normalized spacial score (nSPS) is 10.8. The van der Waals surface area contributed by atoms with E-state index in [-0.39, 0.29) is 17.5 Å². The second-order valence-corrected chi connectivity index (χ2v) is 9.08. The van der Waals surface area contributed by atoms with E-state index in [1.807, 2.05) is 35.8 Å². The quantitative estimate of drug-likeness (QED) is 0.299. The molecule has 5 nitrogen and oxygen atoms in total. The summed E-state index contributed by atoms with van der Waals surface area (Å²) in [5.41, 5.74) is 2.45. The standard InChI is InChI=1S/C22H22ClFN4OS2/c1-3-10-28-20(13-30-12-16-5-7-17(23)8-6-16)26-27-22(28)31-14-21(29)25-19-11-18(24)9-4-15(19)2/h3-9,11H,1,10,12-14H2,2H3,(H,25,29). The molecular formula is C22H22ClFN4OS2. The molecule has 1 heterocycles. The fourth-order valence-corrected chi connectivity index (χ4v) is 4.55. The molecule has 162 valence electrons. The maximum absolute atomic E-state index is 13.4. The summed E-state index contributed by atoms with van der Waals surface area (Å²) < 4.78 is 15.4. The maximum Gasteiger partial charge on any atom is 0.234 e. The van der Waals surface area contributed by atoms with Crippen LogP contribution in [0.15, 0.2) is 60.3 Å². The number of carbonyl (C=O) groups is 1. The van der Waals surface area contributed by atoms with Gasteiger partial charge in [-0.05, 0) is 42.3 Å². The largest absolute Gasteiger partial charge is 0.325 e. The Balaban J connectivity index is 1.57. The Hall–Kier alpha value is -2.29. The highest BCUT2D eigenvalue weighted by molar-refractivity contribution is 7.99. The highest BCUT2D eigenvalue weighted by Gasteiger charge is 2.14. The van der Waals surface area contributed by atoms with Crippen LogP contribution < -0.4 is 5.32 Å². The summed E-state index contributed by atoms with van der Waals surface area (Å²) in [6, 6.07) is 12.1. The van der Waals surface area contributed by atoms with Crippen molar-refractivity contribution in [1.29, 1.82) is 0 Å². The van der Waals surface area contributed by atoms with Crippen LogP contribution in [0.3, 0.4) is 0 Å². The minimum absolute atomic E-state index is 0.142. The second-order valence-electron chi connectivity index (χ2n) is 6.71. The second kappa shape index (κ2) is 11.4. The van der Waals surface area contributed by atoms with E-state index in [2.05, 4.69) is 22.1 Å². The van der Waals surface area contributed by atoms with Crippen molar-refractivity contribution in [2.24, 2.45) is 0 Å². The lowest BCUT2D eigenvalue weighted by atomic mass is 10.2. The number of amides is 1. The fraction of sp³-hybridized carbons (Fsp3) is 0.227. The average Bonchev–Trinajstić information content (AvgIpc) is 3.12. The number of allylic oxidation sites excluding steroid dienone is 1. The van der Waals surface area contributed by atoms with Gasteiger partial charge in [0.1, 0.15) is 11.6 Å². The summed E-state index contributed by atoms with van der Waals surface area (Å²) in [5.74, 6) is 1.85. The third kappa shape index (κ3) is 6.85. The molecule has 0 atom stereocenters. The fourth-order valence-electron chi connectivity index (χ4n) is 2.73. The number of carbonyl (C=O) groups excluding carboxylic acids is 1. The molecule has 0 bridgehead atoms. The van der Waals surface area contributed by atoms with E-state index in [9.17, 15) is 9.18 Å². The molecule has 0 radical (unpaired) electrons. The zero-order chi connectivity index (χ0) is 22.2. The van der Waals surface area contributed by atoms with E-state index in [0.29, 0.717) is 23.1 Å². The van der Waals surface area contributed by atoms with E-state index < -0.39 is 0 Å². The maximum atomic E-state index is 13.4. The van der Waals surface area contributed by atoms with Crippen LogP contribution in [0.25, 0.3) is 0 Å². The van der Waals surface area contributed by atoms with Crippen LogP contribution in [-0.2, 0) is 22.8 Å². The van der Waals surface area contributed by atoms with Gasteiger partial charge in [-0.1, -0.05) is 47.6 Å². The third-order valence-electron chi connectivity index (χ3n) is 4.32. The lowest BCUT2D eigenvalue weighted by Crippen LogP contribution is -2.15. The number of hydrogen-bond donors (Lipinski definition) is 1. The predicted molar refractivity (Wildman–Crippen MR) is 127 cm³/mol. The molecule has 31 heavy (non-hydrogen) atoms. The average molecular weight is 477 g/mol. The molecule has 1 amide bonds. The van der Waals surface area contributed by atoms with Gasteiger partial charge < -0.3 is 9.88 Å². The minimum Gasteiger partial charge on any atom is -0.325 e. The molecule has 0 unspecified atom stereocenters. The number of halogens is 2. The number of hydrogen-bond acceptors (Lipinski definition) is 5. The summed E-state index contributed by atoms with van der Waals surface area (Å²) in [6.07, 6.45) is 1.77. The van der Waals surface area contributed by atoms with Gasteiger partial charge in [-0.2, -0.15) is 0 Å². The van der Waals surface area contributed by atoms with Crippen molar-refractivity contribution in [1.82, 2.24) is 14.8 Å². The zero-order valence-corrected chi connectivity index (χ0v) is 19.4. The van der Waals surface area contributed by atoms with Crippen LogP contribution in [0.1, 0.15) is 17.0 Å². The lowest BCUT2D eigenvalue weighted by Gasteiger charge is -2.09. The molecule has 0 saturated carbocycles. The highest BCUT2D eigenvalue weighted by Crippen LogP contribution is 2.23. The van der Waals surface area contributed by atoms with E-state index in [0.717, 1.165) is 22.2 Å². The van der Waals surface area contributed by atoms with Gasteiger partial charge in [0.2, 0.25) is 5.91 Å². The number of aryl methyl sites for hydroxylation is 1. The Morgan fingerprint density at radius 1 is 1.23 bits per heavy atom. The summed E-state index contributed by atoms with van der Waals surface area (Å²) in [7, 11) is 0. The number of anilines is 1. The van der Waals surface area contributed by atoms with E-state index in [1.165, 1.54) is 29.5 Å². The Morgan fingerprint density at radius 2 is 2.00 bits per heavy atom. The molecule has 2 aromatic carbocycles. The van der Waals surface area contributed by atoms with Crippen LogP contribution in [0.5, 0.6) is 0 Å². The minimum atomic E-state index is -0.389. The first-order chi connectivity index (χ1) is 15.0. The van der Waals surface area contributed by atoms with Crippen molar-refractivity contribution in [2.45, 2.75) is 30.1 Å². The van der Waals surface area contributed by atoms with Crippen molar-refractivity contribution in [3.8, 4) is 0 Å². The number of thioether (sulfide) groups is 2. The summed E-state index contributed by atoms with van der Waals surface area (Å²) in [6.45, 7) is 6.17. The number of nitrogens with one attached hydrogen (secondary N) is 1. The van der Waals surface area contributed by atoms with Gasteiger partial charge in [0.25, 0.3) is 0 Å². The number of nitrogens with zero attached hydrogens (tertiary/aromatic N) is 3. The van der Waals surface area contributed by atoms with Crippen LogP contribution in [0.2, 0.25) is 5.02 Å². The molecular weight excluding hydrogens is 455 g/mol. The Kier molecular flexibility index (Phi) is 8.57. The first-order valence-electron chi connectivity index (χ1n) is 9.50. The Labute approximate surface area is 194 Å². The SMILES string of the molecule is C=CCn1c(CSCc2ccc(Cl)cc2)nnc1SCC(=O)Nc1cc(F)ccc1C. The molecule has 0 spiro atoms. The van der Waals surface area contributed by atoms with Crippen molar-refractivity contribution in [2.75, 3.05) is 11.1 Å². The summed E-state index contributed by atoms with van der Waals surface area (Å²) in [4.78, 5) is 12.3. The zero-order valence-electron chi connectivity index (χ0n) is 17.0. The molecule has 0 aliphatic rings. The first kappa shape index (κ1) is 23.4. The molecule has 0 aliphatic carbocycles. The third-order valence-corrected chi connectivity index (χ3v) is 6.54. The molecule has 0 fully saturated rings. The number of rotatable bonds is 10. The molecule has 9 heteroatoms. The van der Waals surface area contributed by atoms with Crippen molar-refractivity contribution in [3.63, 3.8) is 0 Å². The lowest BCUT2D eigenvalue weighted by molar-refractivity contribution is -0.113. The van der Waals surface area contributed by atoms with Crippen molar-refractivity contribution < 1.29 is 9.18 Å². The van der Waals surface area contributed by atoms with Gasteiger partial charge in [-0.25, -0.2) is 4.39 Å². The van der Waals surface area contributed by atoms with Crippen molar-refractivity contribution in [3.05, 3.63) is 82.9 Å². The molecule has 3 rings (SSSR count). The molecule has 1 N–H and O–H groups in total. The van der Waals surface area contributed by atoms with E-state index in [4.69, 9.17) is 11.6 Å². The molecule has 1 aromatic heterocycles. The van der Waals surface area contributed by atoms with Crippen LogP contribution in [-0.4, -0.2) is 26.4 Å². The van der Waals surface area contributed by atoms with Gasteiger partial charge in [0.15, 0.2) is 5.16 Å². The van der Waals surface area contributed by atoms with Gasteiger partial charge in [0.05, 0.1) is 11.5 Å². The van der Waals surface area contributed by atoms with E-state index in [1.54, 1.807) is 23.9 Å². The molecule has 0 saturated heterocycles. The van der Waals surface area contributed by atoms with E-state index >= 15 is 0 Å². The van der Waals surface area contributed by atoms with Gasteiger partial charge in [-0.3, -0.25) is 4.79 Å². The van der Waals surface area contributed by atoms with Gasteiger partial charge in [-0.15, -0.1) is 28.5 Å². The van der Waals surface area contributed by atoms with Gasteiger partial charge >= 0.3 is 0 Å². The Morgan fingerprint density at radius 3 is 2.74 bits per heavy atom. The Bertz CT molecular complexity index is 1060. The summed E-state index contributed by atoms with van der Waals surface area (Å²) >= 11 is 8.94. The molecule has 0 aliphatic heterocycles. The predicted octanol–water partition coefficient (Wildman–Crippen LogP) is 5.73. The highest BCUT2D eigenvalue weighted by atomic mass is 35.5. The van der Waals surface area contributed by atoms with Crippen LogP contribution in [0.4, 0.5) is 10.1 Å². The smallest absolute Gasteiger partial charge is 0.234 e. The first-order valence-corrected chi connectivity index (χ1v) is 12.0. The van der Waals surface area contributed by atoms with Gasteiger partial charge in [0, 0.05) is 23.0 Å². The topological polar surface area (TPSA) is 59.8 Å². The molecule has 3 aromatic rings.